The number of hydrogen-bond donors (Lipinski definition) is 1. The Hall–Kier alpha value is -2.29. The average molecular weight is 489 g/mol. The highest BCUT2D eigenvalue weighted by Gasteiger charge is 2.45. The largest absolute Gasteiger partial charge is 0.489 e. The SMILES string of the molecule is Clc1ccc([C@]2(Cn3ccnc3)OCC(COc3ccccc3N3CCNCC3)O2)c(Cl)c1. The van der Waals surface area contributed by atoms with Gasteiger partial charge in [-0.2, -0.15) is 0 Å². The minimum Gasteiger partial charge on any atom is -0.489 e. The van der Waals surface area contributed by atoms with Gasteiger partial charge in [0.1, 0.15) is 18.5 Å². The number of halogens is 2. The molecule has 1 aromatic heterocycles. The number of anilines is 1. The number of para-hydroxylation sites is 2. The zero-order valence-corrected chi connectivity index (χ0v) is 19.6. The number of aromatic nitrogens is 2. The van der Waals surface area contributed by atoms with Crippen molar-refractivity contribution < 1.29 is 14.2 Å². The minimum absolute atomic E-state index is 0.267. The Morgan fingerprint density at radius 2 is 2.00 bits per heavy atom. The lowest BCUT2D eigenvalue weighted by Gasteiger charge is -2.31. The van der Waals surface area contributed by atoms with E-state index in [1.807, 2.05) is 35.0 Å². The predicted octanol–water partition coefficient (Wildman–Crippen LogP) is 3.95. The fourth-order valence-electron chi connectivity index (χ4n) is 4.30. The molecule has 0 spiro atoms. The molecule has 33 heavy (non-hydrogen) atoms. The number of nitrogens with one attached hydrogen (secondary N) is 1. The van der Waals surface area contributed by atoms with Crippen LogP contribution in [0.1, 0.15) is 5.56 Å². The highest BCUT2D eigenvalue weighted by Crippen LogP contribution is 2.41. The molecule has 0 aliphatic carbocycles. The zero-order valence-electron chi connectivity index (χ0n) is 18.1. The highest BCUT2D eigenvalue weighted by atomic mass is 35.5. The van der Waals surface area contributed by atoms with E-state index in [2.05, 4.69) is 21.3 Å². The molecule has 2 atom stereocenters. The maximum atomic E-state index is 6.56. The van der Waals surface area contributed by atoms with Crippen LogP contribution in [0.3, 0.4) is 0 Å². The normalized spacial score (nSPS) is 23.1. The molecule has 2 aliphatic heterocycles. The van der Waals surface area contributed by atoms with Crippen LogP contribution in [-0.2, 0) is 21.8 Å². The second kappa shape index (κ2) is 9.91. The molecule has 7 nitrogen and oxygen atoms in total. The van der Waals surface area contributed by atoms with Crippen LogP contribution in [0.5, 0.6) is 5.75 Å². The molecule has 9 heteroatoms. The molecular weight excluding hydrogens is 463 g/mol. The third-order valence-corrected chi connectivity index (χ3v) is 6.45. The van der Waals surface area contributed by atoms with Crippen LogP contribution in [0.4, 0.5) is 5.69 Å². The van der Waals surface area contributed by atoms with Gasteiger partial charge in [-0.1, -0.05) is 41.4 Å². The lowest BCUT2D eigenvalue weighted by molar-refractivity contribution is -0.189. The molecule has 2 saturated heterocycles. The van der Waals surface area contributed by atoms with E-state index < -0.39 is 5.79 Å². The summed E-state index contributed by atoms with van der Waals surface area (Å²) in [6.07, 6.45) is 5.05. The van der Waals surface area contributed by atoms with Crippen LogP contribution in [0, 0.1) is 0 Å². The fraction of sp³-hybridized carbons (Fsp3) is 0.375. The summed E-state index contributed by atoms with van der Waals surface area (Å²) < 4.78 is 20.9. The molecule has 2 aliphatic rings. The van der Waals surface area contributed by atoms with E-state index in [1.165, 1.54) is 0 Å². The summed E-state index contributed by atoms with van der Waals surface area (Å²) in [4.78, 5) is 6.48. The number of hydrogen-bond acceptors (Lipinski definition) is 6. The smallest absolute Gasteiger partial charge is 0.215 e. The van der Waals surface area contributed by atoms with Gasteiger partial charge in [-0.15, -0.1) is 0 Å². The lowest BCUT2D eigenvalue weighted by Crippen LogP contribution is -2.43. The van der Waals surface area contributed by atoms with Gasteiger partial charge in [-0.3, -0.25) is 0 Å². The molecule has 3 heterocycles. The maximum Gasteiger partial charge on any atom is 0.215 e. The summed E-state index contributed by atoms with van der Waals surface area (Å²) in [5.74, 6) is -0.214. The van der Waals surface area contributed by atoms with E-state index >= 15 is 0 Å². The van der Waals surface area contributed by atoms with Crippen LogP contribution in [0.25, 0.3) is 0 Å². The lowest BCUT2D eigenvalue weighted by atomic mass is 10.1. The molecule has 2 fully saturated rings. The number of rotatable bonds is 7. The van der Waals surface area contributed by atoms with E-state index in [1.54, 1.807) is 24.7 Å². The van der Waals surface area contributed by atoms with Crippen molar-refractivity contribution in [2.45, 2.75) is 18.4 Å². The van der Waals surface area contributed by atoms with Crippen LogP contribution in [-0.4, -0.2) is 55.0 Å². The third-order valence-electron chi connectivity index (χ3n) is 5.90. The van der Waals surface area contributed by atoms with E-state index in [-0.39, 0.29) is 6.10 Å². The Bertz CT molecular complexity index is 1080. The van der Waals surface area contributed by atoms with Gasteiger partial charge in [0, 0.05) is 49.2 Å². The molecule has 0 amide bonds. The zero-order chi connectivity index (χ0) is 22.7. The van der Waals surface area contributed by atoms with Crippen molar-refractivity contribution in [1.82, 2.24) is 14.9 Å². The van der Waals surface area contributed by atoms with Crippen molar-refractivity contribution in [3.63, 3.8) is 0 Å². The van der Waals surface area contributed by atoms with Crippen LogP contribution >= 0.6 is 23.2 Å². The second-order valence-electron chi connectivity index (χ2n) is 8.18. The number of ether oxygens (including phenoxy) is 3. The van der Waals surface area contributed by atoms with E-state index in [9.17, 15) is 0 Å². The van der Waals surface area contributed by atoms with Crippen molar-refractivity contribution >= 4 is 28.9 Å². The van der Waals surface area contributed by atoms with Crippen molar-refractivity contribution in [2.24, 2.45) is 0 Å². The first-order valence-corrected chi connectivity index (χ1v) is 11.8. The van der Waals surface area contributed by atoms with Crippen molar-refractivity contribution in [1.29, 1.82) is 0 Å². The molecule has 3 aromatic rings. The monoisotopic (exact) mass is 488 g/mol. The standard InChI is InChI=1S/C24H26Cl2N4O3/c25-18-5-6-20(21(26)13-18)24(16-29-10-7-28-17-29)32-15-19(33-24)14-31-23-4-2-1-3-22(23)30-11-8-27-9-12-30/h1-7,10,13,17,19,27H,8-9,11-12,14-16H2/t19?,24-/m1/s1. The van der Waals surface area contributed by atoms with E-state index in [4.69, 9.17) is 37.4 Å². The first-order chi connectivity index (χ1) is 16.1. The molecule has 0 bridgehead atoms. The molecule has 1 unspecified atom stereocenters. The Morgan fingerprint density at radius 3 is 2.79 bits per heavy atom. The van der Waals surface area contributed by atoms with Crippen molar-refractivity contribution in [3.8, 4) is 5.75 Å². The van der Waals surface area contributed by atoms with E-state index in [0.717, 1.165) is 43.2 Å². The summed E-state index contributed by atoms with van der Waals surface area (Å²) in [5.41, 5.74) is 1.83. The number of piperazine rings is 1. The van der Waals surface area contributed by atoms with Gasteiger partial charge in [0.2, 0.25) is 5.79 Å². The highest BCUT2D eigenvalue weighted by molar-refractivity contribution is 6.35. The van der Waals surface area contributed by atoms with Gasteiger partial charge in [-0.25, -0.2) is 4.98 Å². The number of nitrogens with zero attached hydrogens (tertiary/aromatic N) is 3. The second-order valence-corrected chi connectivity index (χ2v) is 9.02. The molecule has 174 valence electrons. The molecular formula is C24H26Cl2N4O3. The van der Waals surface area contributed by atoms with Gasteiger partial charge in [-0.05, 0) is 24.3 Å². The predicted molar refractivity (Wildman–Crippen MR) is 128 cm³/mol. The fourth-order valence-corrected chi connectivity index (χ4v) is 4.86. The summed E-state index contributed by atoms with van der Waals surface area (Å²) in [5, 5.41) is 4.44. The third kappa shape index (κ3) is 4.98. The van der Waals surface area contributed by atoms with Gasteiger partial charge in [0.15, 0.2) is 0 Å². The average Bonchev–Trinajstić information content (AvgIpc) is 3.49. The molecule has 0 saturated carbocycles. The summed E-state index contributed by atoms with van der Waals surface area (Å²) in [6.45, 7) is 4.98. The summed E-state index contributed by atoms with van der Waals surface area (Å²) in [7, 11) is 0. The quantitative estimate of drug-likeness (QED) is 0.543. The number of imidazole rings is 1. The van der Waals surface area contributed by atoms with Crippen molar-refractivity contribution in [2.75, 3.05) is 44.3 Å². The van der Waals surface area contributed by atoms with Gasteiger partial charge in [0.05, 0.1) is 30.2 Å². The van der Waals surface area contributed by atoms with Gasteiger partial charge < -0.3 is 29.0 Å². The molecule has 0 radical (unpaired) electrons. The minimum atomic E-state index is -1.06. The van der Waals surface area contributed by atoms with Crippen LogP contribution in [0.15, 0.2) is 61.2 Å². The summed E-state index contributed by atoms with van der Waals surface area (Å²) in [6, 6.07) is 13.5. The first kappa shape index (κ1) is 22.5. The number of benzene rings is 2. The first-order valence-electron chi connectivity index (χ1n) is 11.0. The van der Waals surface area contributed by atoms with Gasteiger partial charge in [0.25, 0.3) is 0 Å². The summed E-state index contributed by atoms with van der Waals surface area (Å²) >= 11 is 12.7. The molecule has 5 rings (SSSR count). The topological polar surface area (TPSA) is 60.8 Å². The molecule has 2 aromatic carbocycles. The van der Waals surface area contributed by atoms with Crippen LogP contribution in [0.2, 0.25) is 10.0 Å². The Balaban J connectivity index is 1.33. The molecule has 1 N–H and O–H groups in total. The van der Waals surface area contributed by atoms with Crippen LogP contribution < -0.4 is 15.0 Å². The Kier molecular flexibility index (Phi) is 6.76. The maximum absolute atomic E-state index is 6.56. The Labute approximate surface area is 203 Å². The van der Waals surface area contributed by atoms with Gasteiger partial charge >= 0.3 is 0 Å². The van der Waals surface area contributed by atoms with E-state index in [0.29, 0.717) is 29.8 Å². The van der Waals surface area contributed by atoms with Crippen molar-refractivity contribution in [3.05, 3.63) is 76.8 Å². The Morgan fingerprint density at radius 1 is 1.15 bits per heavy atom.